The first-order valence-electron chi connectivity index (χ1n) is 5.70. The lowest BCUT2D eigenvalue weighted by Gasteiger charge is -2.08. The third-order valence-electron chi connectivity index (χ3n) is 2.53. The van der Waals surface area contributed by atoms with E-state index in [1.165, 1.54) is 0 Å². The van der Waals surface area contributed by atoms with Crippen LogP contribution in [-0.4, -0.2) is 0 Å². The number of hydrogen-bond acceptors (Lipinski definition) is 4. The lowest BCUT2D eigenvalue weighted by Crippen LogP contribution is -1.99. The number of para-hydroxylation sites is 1. The monoisotopic (exact) mass is 249 g/mol. The van der Waals surface area contributed by atoms with Crippen molar-refractivity contribution in [2.45, 2.75) is 6.54 Å². The van der Waals surface area contributed by atoms with E-state index in [0.717, 1.165) is 17.0 Å². The predicted octanol–water partition coefficient (Wildman–Crippen LogP) is 3.32. The van der Waals surface area contributed by atoms with Crippen molar-refractivity contribution >= 4 is 11.8 Å². The normalized spacial score (nSPS) is 9.16. The molecular weight excluding hydrogens is 238 g/mol. The van der Waals surface area contributed by atoms with Crippen LogP contribution in [0.15, 0.2) is 52.7 Å². The molecule has 0 aliphatic carbocycles. The number of benzene rings is 1. The van der Waals surface area contributed by atoms with Crippen LogP contribution in [0.5, 0.6) is 0 Å². The lowest BCUT2D eigenvalue weighted by molar-refractivity contribution is 0.518. The summed E-state index contributed by atoms with van der Waals surface area (Å²) < 4.78 is 5.24. The minimum atomic E-state index is 0.0762. The third-order valence-corrected chi connectivity index (χ3v) is 2.53. The summed E-state index contributed by atoms with van der Waals surface area (Å²) in [5, 5.41) is 20.8. The second kappa shape index (κ2) is 6.09. The highest BCUT2D eigenvalue weighted by molar-refractivity contribution is 5.71. The zero-order chi connectivity index (χ0) is 13.5. The average Bonchev–Trinajstić information content (AvgIpc) is 2.97. The Morgan fingerprint density at radius 3 is 2.63 bits per heavy atom. The fourth-order valence-electron chi connectivity index (χ4n) is 1.62. The Bertz CT molecular complexity index is 641. The SMILES string of the molecule is N#CC(C#N)=Cc1ccccc1NCc1ccco1. The van der Waals surface area contributed by atoms with E-state index < -0.39 is 0 Å². The van der Waals surface area contributed by atoms with Crippen molar-refractivity contribution in [2.24, 2.45) is 0 Å². The maximum absolute atomic E-state index is 8.78. The molecule has 0 spiro atoms. The molecule has 0 bridgehead atoms. The molecule has 0 saturated heterocycles. The Labute approximate surface area is 111 Å². The Kier molecular flexibility index (Phi) is 4.00. The van der Waals surface area contributed by atoms with Crippen LogP contribution in [0.25, 0.3) is 6.08 Å². The van der Waals surface area contributed by atoms with Gasteiger partial charge in [0, 0.05) is 5.69 Å². The predicted molar refractivity (Wildman–Crippen MR) is 71.7 cm³/mol. The number of allylic oxidation sites excluding steroid dienone is 1. The van der Waals surface area contributed by atoms with Crippen LogP contribution >= 0.6 is 0 Å². The number of nitriles is 2. The molecule has 0 aliphatic heterocycles. The van der Waals surface area contributed by atoms with Crippen molar-refractivity contribution in [1.82, 2.24) is 0 Å². The minimum absolute atomic E-state index is 0.0762. The van der Waals surface area contributed by atoms with Crippen LogP contribution in [0.2, 0.25) is 0 Å². The van der Waals surface area contributed by atoms with Crippen LogP contribution in [0.3, 0.4) is 0 Å². The van der Waals surface area contributed by atoms with Gasteiger partial charge in [-0.3, -0.25) is 0 Å². The van der Waals surface area contributed by atoms with Crippen LogP contribution < -0.4 is 5.32 Å². The zero-order valence-electron chi connectivity index (χ0n) is 10.1. The fourth-order valence-corrected chi connectivity index (χ4v) is 1.62. The summed E-state index contributed by atoms with van der Waals surface area (Å²) in [5.74, 6) is 0.819. The van der Waals surface area contributed by atoms with Crippen LogP contribution in [0.1, 0.15) is 11.3 Å². The molecule has 1 heterocycles. The maximum atomic E-state index is 8.78. The van der Waals surface area contributed by atoms with Gasteiger partial charge in [-0.2, -0.15) is 10.5 Å². The van der Waals surface area contributed by atoms with Gasteiger partial charge in [-0.1, -0.05) is 18.2 Å². The van der Waals surface area contributed by atoms with Gasteiger partial charge in [0.15, 0.2) is 0 Å². The number of nitrogens with one attached hydrogen (secondary N) is 1. The molecule has 0 unspecified atom stereocenters. The van der Waals surface area contributed by atoms with E-state index in [4.69, 9.17) is 14.9 Å². The Hall–Kier alpha value is -2.98. The summed E-state index contributed by atoms with van der Waals surface area (Å²) in [5.41, 5.74) is 1.72. The Morgan fingerprint density at radius 1 is 1.16 bits per heavy atom. The zero-order valence-corrected chi connectivity index (χ0v) is 10.1. The van der Waals surface area contributed by atoms with Crippen molar-refractivity contribution in [3.8, 4) is 12.1 Å². The first kappa shape index (κ1) is 12.5. The van der Waals surface area contributed by atoms with E-state index in [1.807, 2.05) is 48.5 Å². The van der Waals surface area contributed by atoms with Crippen molar-refractivity contribution in [3.05, 3.63) is 59.6 Å². The number of furan rings is 1. The average molecular weight is 249 g/mol. The standard InChI is InChI=1S/C15H11N3O/c16-9-12(10-17)8-13-4-1-2-6-15(13)18-11-14-5-3-7-19-14/h1-8,18H,11H2. The van der Waals surface area contributed by atoms with Crippen LogP contribution in [-0.2, 0) is 6.54 Å². The van der Waals surface area contributed by atoms with Crippen molar-refractivity contribution in [2.75, 3.05) is 5.32 Å². The van der Waals surface area contributed by atoms with Crippen molar-refractivity contribution in [1.29, 1.82) is 10.5 Å². The van der Waals surface area contributed by atoms with Gasteiger partial charge in [0.1, 0.15) is 23.5 Å². The van der Waals surface area contributed by atoms with Crippen molar-refractivity contribution in [3.63, 3.8) is 0 Å². The van der Waals surface area contributed by atoms with Gasteiger partial charge in [0.2, 0.25) is 0 Å². The quantitative estimate of drug-likeness (QED) is 0.843. The molecule has 92 valence electrons. The summed E-state index contributed by atoms with van der Waals surface area (Å²) in [6.45, 7) is 0.548. The van der Waals surface area contributed by atoms with Gasteiger partial charge >= 0.3 is 0 Å². The van der Waals surface area contributed by atoms with E-state index in [1.54, 1.807) is 12.3 Å². The van der Waals surface area contributed by atoms with Gasteiger partial charge in [-0.25, -0.2) is 0 Å². The largest absolute Gasteiger partial charge is 0.467 e. The second-order valence-electron chi connectivity index (χ2n) is 3.80. The molecule has 1 aromatic carbocycles. The topological polar surface area (TPSA) is 72.8 Å². The molecule has 4 heteroatoms. The number of rotatable bonds is 4. The highest BCUT2D eigenvalue weighted by Gasteiger charge is 2.02. The van der Waals surface area contributed by atoms with E-state index in [0.29, 0.717) is 6.54 Å². The molecule has 19 heavy (non-hydrogen) atoms. The second-order valence-corrected chi connectivity index (χ2v) is 3.80. The molecule has 2 aromatic rings. The summed E-state index contributed by atoms with van der Waals surface area (Å²) >= 11 is 0. The van der Waals surface area contributed by atoms with Gasteiger partial charge in [0.25, 0.3) is 0 Å². The molecule has 0 atom stereocenters. The Balaban J connectivity index is 2.20. The molecule has 1 aromatic heterocycles. The van der Waals surface area contributed by atoms with E-state index >= 15 is 0 Å². The summed E-state index contributed by atoms with van der Waals surface area (Å²) in [4.78, 5) is 0. The lowest BCUT2D eigenvalue weighted by atomic mass is 10.1. The number of anilines is 1. The smallest absolute Gasteiger partial charge is 0.130 e. The van der Waals surface area contributed by atoms with Crippen molar-refractivity contribution < 1.29 is 4.42 Å². The highest BCUT2D eigenvalue weighted by atomic mass is 16.3. The van der Waals surface area contributed by atoms with Gasteiger partial charge in [0.05, 0.1) is 12.8 Å². The molecular formula is C15H11N3O. The van der Waals surface area contributed by atoms with Gasteiger partial charge in [-0.15, -0.1) is 0 Å². The summed E-state index contributed by atoms with van der Waals surface area (Å²) in [6, 6.07) is 14.9. The van der Waals surface area contributed by atoms with Gasteiger partial charge in [-0.05, 0) is 29.8 Å². The van der Waals surface area contributed by atoms with Crippen LogP contribution in [0, 0.1) is 22.7 Å². The van der Waals surface area contributed by atoms with E-state index in [-0.39, 0.29) is 5.57 Å². The first-order chi connectivity index (χ1) is 9.33. The minimum Gasteiger partial charge on any atom is -0.467 e. The molecule has 0 radical (unpaired) electrons. The molecule has 2 rings (SSSR count). The molecule has 0 fully saturated rings. The molecule has 0 amide bonds. The van der Waals surface area contributed by atoms with Gasteiger partial charge < -0.3 is 9.73 Å². The first-order valence-corrected chi connectivity index (χ1v) is 5.70. The molecule has 4 nitrogen and oxygen atoms in total. The number of hydrogen-bond donors (Lipinski definition) is 1. The Morgan fingerprint density at radius 2 is 1.95 bits per heavy atom. The summed E-state index contributed by atoms with van der Waals surface area (Å²) in [6.07, 6.45) is 3.18. The molecule has 0 saturated carbocycles. The van der Waals surface area contributed by atoms with Crippen LogP contribution in [0.4, 0.5) is 5.69 Å². The van der Waals surface area contributed by atoms with E-state index in [2.05, 4.69) is 5.32 Å². The number of nitrogens with zero attached hydrogens (tertiary/aromatic N) is 2. The summed E-state index contributed by atoms with van der Waals surface area (Å²) in [7, 11) is 0. The van der Waals surface area contributed by atoms with E-state index in [9.17, 15) is 0 Å². The maximum Gasteiger partial charge on any atom is 0.130 e. The third kappa shape index (κ3) is 3.24. The molecule has 1 N–H and O–H groups in total. The highest BCUT2D eigenvalue weighted by Crippen LogP contribution is 2.19. The molecule has 0 aliphatic rings. The fraction of sp³-hybridized carbons (Fsp3) is 0.0667.